The molecule has 7 nitrogen and oxygen atoms in total. The van der Waals surface area contributed by atoms with Crippen molar-refractivity contribution in [1.82, 2.24) is 0 Å². The van der Waals surface area contributed by atoms with Gasteiger partial charge in [0.2, 0.25) is 0 Å². The molecule has 8 heteroatoms. The summed E-state index contributed by atoms with van der Waals surface area (Å²) in [6, 6.07) is 12.7. The molecule has 0 aliphatic heterocycles. The number of carbonyl (C=O) groups is 3. The van der Waals surface area contributed by atoms with E-state index in [1.165, 1.54) is 24.3 Å². The number of hydrogen-bond acceptors (Lipinski definition) is 6. The normalized spacial score (nSPS) is 9.69. The van der Waals surface area contributed by atoms with E-state index < -0.39 is 25.1 Å². The number of halogens is 1. The summed E-state index contributed by atoms with van der Waals surface area (Å²) >= 11 is 5.82. The standard InChI is InChI=1S/C18H13ClN2O5/c19-14-6-5-12(8-20)15(7-14)21-17(23)10-26-18(24)11-25-16-4-2-1-3-13(16)9-22/h1-7,9H,10-11H2,(H,21,23). The van der Waals surface area contributed by atoms with Crippen LogP contribution in [-0.2, 0) is 14.3 Å². The topological polar surface area (TPSA) is 105 Å². The number of nitriles is 1. The van der Waals surface area contributed by atoms with Gasteiger partial charge in [-0.25, -0.2) is 4.79 Å². The molecular weight excluding hydrogens is 360 g/mol. The number of carbonyl (C=O) groups excluding carboxylic acids is 3. The van der Waals surface area contributed by atoms with Crippen LogP contribution in [0, 0.1) is 11.3 Å². The molecule has 0 unspecified atom stereocenters. The molecule has 0 atom stereocenters. The number of aldehydes is 1. The van der Waals surface area contributed by atoms with Crippen LogP contribution in [0.5, 0.6) is 5.75 Å². The SMILES string of the molecule is N#Cc1ccc(Cl)cc1NC(=O)COC(=O)COc1ccccc1C=O. The van der Waals surface area contributed by atoms with Crippen LogP contribution in [0.15, 0.2) is 42.5 Å². The zero-order valence-corrected chi connectivity index (χ0v) is 14.2. The number of anilines is 1. The quantitative estimate of drug-likeness (QED) is 0.591. The van der Waals surface area contributed by atoms with Crippen LogP contribution in [0.25, 0.3) is 0 Å². The monoisotopic (exact) mass is 372 g/mol. The van der Waals surface area contributed by atoms with Crippen molar-refractivity contribution in [1.29, 1.82) is 5.26 Å². The van der Waals surface area contributed by atoms with Gasteiger partial charge >= 0.3 is 5.97 Å². The van der Waals surface area contributed by atoms with Crippen LogP contribution in [0.2, 0.25) is 5.02 Å². The predicted octanol–water partition coefficient (Wildman–Crippen LogP) is 2.58. The molecule has 0 aliphatic carbocycles. The molecule has 132 valence electrons. The molecule has 0 spiro atoms. The predicted molar refractivity (Wildman–Crippen MR) is 93.1 cm³/mol. The number of benzene rings is 2. The summed E-state index contributed by atoms with van der Waals surface area (Å²) in [4.78, 5) is 34.4. The van der Waals surface area contributed by atoms with Gasteiger partial charge in [0.1, 0.15) is 11.8 Å². The van der Waals surface area contributed by atoms with Crippen molar-refractivity contribution in [2.24, 2.45) is 0 Å². The van der Waals surface area contributed by atoms with Crippen molar-refractivity contribution in [2.45, 2.75) is 0 Å². The Morgan fingerprint density at radius 2 is 1.96 bits per heavy atom. The summed E-state index contributed by atoms with van der Waals surface area (Å²) in [6.45, 7) is -1.02. The maximum absolute atomic E-state index is 11.8. The van der Waals surface area contributed by atoms with Crippen molar-refractivity contribution in [3.63, 3.8) is 0 Å². The first-order valence-corrected chi connectivity index (χ1v) is 7.73. The highest BCUT2D eigenvalue weighted by molar-refractivity contribution is 6.31. The fourth-order valence-corrected chi connectivity index (χ4v) is 2.11. The molecule has 2 aromatic carbocycles. The number of hydrogen-bond donors (Lipinski definition) is 1. The third-order valence-corrected chi connectivity index (χ3v) is 3.37. The molecule has 2 aromatic rings. The second-order valence-corrected chi connectivity index (χ2v) is 5.39. The smallest absolute Gasteiger partial charge is 0.344 e. The maximum atomic E-state index is 11.8. The Morgan fingerprint density at radius 3 is 2.69 bits per heavy atom. The third-order valence-electron chi connectivity index (χ3n) is 3.13. The highest BCUT2D eigenvalue weighted by atomic mass is 35.5. The third kappa shape index (κ3) is 5.33. The highest BCUT2D eigenvalue weighted by Crippen LogP contribution is 2.20. The molecule has 0 aromatic heterocycles. The molecule has 0 aliphatic rings. The van der Waals surface area contributed by atoms with Gasteiger partial charge in [-0.1, -0.05) is 23.7 Å². The van der Waals surface area contributed by atoms with Crippen molar-refractivity contribution in [3.8, 4) is 11.8 Å². The minimum absolute atomic E-state index is 0.220. The van der Waals surface area contributed by atoms with Gasteiger partial charge in [-0.05, 0) is 30.3 Å². The average molecular weight is 373 g/mol. The van der Waals surface area contributed by atoms with Crippen LogP contribution in [0.3, 0.4) is 0 Å². The van der Waals surface area contributed by atoms with Crippen molar-refractivity contribution >= 4 is 35.5 Å². The van der Waals surface area contributed by atoms with Crippen LogP contribution < -0.4 is 10.1 Å². The molecule has 1 N–H and O–H groups in total. The van der Waals surface area contributed by atoms with Crippen molar-refractivity contribution in [3.05, 3.63) is 58.6 Å². The highest BCUT2D eigenvalue weighted by Gasteiger charge is 2.12. The maximum Gasteiger partial charge on any atom is 0.344 e. The van der Waals surface area contributed by atoms with E-state index >= 15 is 0 Å². The van der Waals surface area contributed by atoms with E-state index in [0.29, 0.717) is 16.9 Å². The number of ether oxygens (including phenoxy) is 2. The number of nitrogens with zero attached hydrogens (tertiary/aromatic N) is 1. The fourth-order valence-electron chi connectivity index (χ4n) is 1.94. The number of esters is 1. The van der Waals surface area contributed by atoms with Crippen molar-refractivity contribution < 1.29 is 23.9 Å². The molecule has 26 heavy (non-hydrogen) atoms. The second kappa shape index (κ2) is 9.20. The van der Waals surface area contributed by atoms with Gasteiger partial charge in [0.05, 0.1) is 16.8 Å². The Bertz CT molecular complexity index is 876. The molecule has 2 rings (SSSR count). The van der Waals surface area contributed by atoms with Gasteiger partial charge in [0, 0.05) is 5.02 Å². The van der Waals surface area contributed by atoms with E-state index in [2.05, 4.69) is 5.32 Å². The first-order chi connectivity index (χ1) is 12.5. The summed E-state index contributed by atoms with van der Waals surface area (Å²) in [6.07, 6.45) is 0.603. The van der Waals surface area contributed by atoms with Gasteiger partial charge in [-0.3, -0.25) is 9.59 Å². The molecule has 0 fully saturated rings. The fraction of sp³-hybridized carbons (Fsp3) is 0.111. The van der Waals surface area contributed by atoms with Crippen LogP contribution in [0.4, 0.5) is 5.69 Å². The van der Waals surface area contributed by atoms with Crippen LogP contribution >= 0.6 is 11.6 Å². The second-order valence-electron chi connectivity index (χ2n) is 4.95. The lowest BCUT2D eigenvalue weighted by atomic mass is 10.2. The van der Waals surface area contributed by atoms with E-state index in [0.717, 1.165) is 0 Å². The Kier molecular flexibility index (Phi) is 6.71. The minimum atomic E-state index is -0.785. The van der Waals surface area contributed by atoms with E-state index in [1.54, 1.807) is 18.2 Å². The number of amides is 1. The Labute approximate surface area is 154 Å². The zero-order valence-electron chi connectivity index (χ0n) is 13.4. The lowest BCUT2D eigenvalue weighted by Gasteiger charge is -2.09. The lowest BCUT2D eigenvalue weighted by molar-refractivity contribution is -0.149. The molecule has 0 radical (unpaired) electrons. The van der Waals surface area contributed by atoms with Crippen molar-refractivity contribution in [2.75, 3.05) is 18.5 Å². The molecule has 0 bridgehead atoms. The van der Waals surface area contributed by atoms with Crippen LogP contribution in [0.1, 0.15) is 15.9 Å². The van der Waals surface area contributed by atoms with Gasteiger partial charge in [-0.2, -0.15) is 5.26 Å². The average Bonchev–Trinajstić information content (AvgIpc) is 2.65. The van der Waals surface area contributed by atoms with E-state index in [1.807, 2.05) is 6.07 Å². The molecule has 0 saturated heterocycles. The van der Waals surface area contributed by atoms with Gasteiger partial charge < -0.3 is 14.8 Å². The number of para-hydroxylation sites is 1. The first-order valence-electron chi connectivity index (χ1n) is 7.35. The minimum Gasteiger partial charge on any atom is -0.481 e. The van der Waals surface area contributed by atoms with Crippen LogP contribution in [-0.4, -0.2) is 31.4 Å². The summed E-state index contributed by atoms with van der Waals surface area (Å²) in [5.41, 5.74) is 0.739. The van der Waals surface area contributed by atoms with Gasteiger partial charge in [0.25, 0.3) is 5.91 Å². The summed E-state index contributed by atoms with van der Waals surface area (Å²) in [5, 5.41) is 11.8. The number of nitrogens with one attached hydrogen (secondary N) is 1. The van der Waals surface area contributed by atoms with E-state index in [4.69, 9.17) is 26.3 Å². The number of rotatable bonds is 7. The molecule has 1 amide bonds. The molecule has 0 saturated carbocycles. The van der Waals surface area contributed by atoms with E-state index in [-0.39, 0.29) is 17.0 Å². The Morgan fingerprint density at radius 1 is 1.19 bits per heavy atom. The molecule has 0 heterocycles. The largest absolute Gasteiger partial charge is 0.481 e. The van der Waals surface area contributed by atoms with Gasteiger partial charge in [0.15, 0.2) is 19.5 Å². The Hall–Kier alpha value is -3.37. The van der Waals surface area contributed by atoms with E-state index in [9.17, 15) is 14.4 Å². The summed E-state index contributed by atoms with van der Waals surface area (Å²) in [5.74, 6) is -1.18. The Balaban J connectivity index is 1.84. The lowest BCUT2D eigenvalue weighted by Crippen LogP contribution is -2.24. The summed E-state index contributed by atoms with van der Waals surface area (Å²) < 4.78 is 9.99. The molecular formula is C18H13ClN2O5. The first kappa shape index (κ1) is 19.0. The zero-order chi connectivity index (χ0) is 18.9. The summed E-state index contributed by atoms with van der Waals surface area (Å²) in [7, 11) is 0. The van der Waals surface area contributed by atoms with Gasteiger partial charge in [-0.15, -0.1) is 0 Å².